The fourth-order valence-electron chi connectivity index (χ4n) is 4.56. The van der Waals surface area contributed by atoms with Crippen molar-refractivity contribution in [3.05, 3.63) is 102 Å². The predicted octanol–water partition coefficient (Wildman–Crippen LogP) is 5.63. The number of aliphatic carboxylic acids is 1. The van der Waals surface area contributed by atoms with Crippen LogP contribution in [0.4, 0.5) is 5.69 Å². The number of carbonyl (C=O) groups is 1. The molecule has 0 bridgehead atoms. The third kappa shape index (κ3) is 4.27. The summed E-state index contributed by atoms with van der Waals surface area (Å²) in [6.45, 7) is 2.37. The summed E-state index contributed by atoms with van der Waals surface area (Å²) in [4.78, 5) is 13.2. The number of para-hydroxylation sites is 1. The molecular weight excluding hydrogens is 466 g/mol. The molecule has 3 aromatic carbocycles. The number of anilines is 1. The van der Waals surface area contributed by atoms with E-state index in [4.69, 9.17) is 4.52 Å². The molecule has 2 aromatic heterocycles. The fraction of sp³-hybridized carbons (Fsp3) is 0.172. The van der Waals surface area contributed by atoms with E-state index >= 15 is 0 Å². The first-order chi connectivity index (χ1) is 18.0. The van der Waals surface area contributed by atoms with Crippen molar-refractivity contribution in [2.45, 2.75) is 31.7 Å². The van der Waals surface area contributed by atoms with Gasteiger partial charge in [0.2, 0.25) is 0 Å². The quantitative estimate of drug-likeness (QED) is 0.290. The van der Waals surface area contributed by atoms with Gasteiger partial charge in [0.05, 0.1) is 23.8 Å². The lowest BCUT2D eigenvalue weighted by Crippen LogP contribution is -2.19. The summed E-state index contributed by atoms with van der Waals surface area (Å²) >= 11 is 0. The van der Waals surface area contributed by atoms with Crippen molar-refractivity contribution >= 4 is 11.7 Å². The van der Waals surface area contributed by atoms with E-state index in [1.165, 1.54) is 0 Å². The molecule has 2 heterocycles. The number of aryl methyl sites for hydroxylation is 1. The zero-order valence-electron chi connectivity index (χ0n) is 20.3. The summed E-state index contributed by atoms with van der Waals surface area (Å²) in [5.74, 6) is -0.0795. The molecule has 0 saturated heterocycles. The molecule has 184 valence electrons. The lowest BCUT2D eigenvalue weighted by atomic mass is 9.93. The Bertz CT molecular complexity index is 1550. The monoisotopic (exact) mass is 491 g/mol. The van der Waals surface area contributed by atoms with Crippen molar-refractivity contribution < 1.29 is 14.4 Å². The Labute approximate surface area is 213 Å². The number of carboxylic acids is 1. The molecule has 1 aliphatic rings. The molecular formula is C29H25N5O3. The number of rotatable bonds is 8. The van der Waals surface area contributed by atoms with Crippen molar-refractivity contribution in [3.63, 3.8) is 0 Å². The maximum atomic E-state index is 11.6. The summed E-state index contributed by atoms with van der Waals surface area (Å²) in [5.41, 5.74) is 6.43. The fourth-order valence-corrected chi connectivity index (χ4v) is 4.56. The second kappa shape index (κ2) is 9.05. The van der Waals surface area contributed by atoms with Crippen LogP contribution in [0.5, 0.6) is 0 Å². The Morgan fingerprint density at radius 3 is 2.27 bits per heavy atom. The van der Waals surface area contributed by atoms with E-state index in [9.17, 15) is 9.90 Å². The van der Waals surface area contributed by atoms with Gasteiger partial charge in [-0.2, -0.15) is 15.0 Å². The van der Waals surface area contributed by atoms with Gasteiger partial charge in [-0.25, -0.2) is 0 Å². The molecule has 8 nitrogen and oxygen atoms in total. The van der Waals surface area contributed by atoms with Crippen LogP contribution >= 0.6 is 0 Å². The molecule has 0 unspecified atom stereocenters. The van der Waals surface area contributed by atoms with Gasteiger partial charge in [0.1, 0.15) is 17.1 Å². The smallest absolute Gasteiger partial charge is 0.314 e. The molecule has 0 atom stereocenters. The normalized spacial score (nSPS) is 13.9. The van der Waals surface area contributed by atoms with E-state index in [1.54, 1.807) is 11.0 Å². The molecule has 0 radical (unpaired) electrons. The average molecular weight is 492 g/mol. The van der Waals surface area contributed by atoms with Crippen molar-refractivity contribution in [1.82, 2.24) is 20.2 Å². The lowest BCUT2D eigenvalue weighted by Gasteiger charge is -2.11. The minimum absolute atomic E-state index is 0.476. The van der Waals surface area contributed by atoms with Crippen molar-refractivity contribution in [1.29, 1.82) is 0 Å². The topological polar surface area (TPSA) is 106 Å². The number of nitrogens with zero attached hydrogens (tertiary/aromatic N) is 4. The molecule has 1 fully saturated rings. The number of carboxylic acid groups (broad SMARTS) is 1. The molecule has 0 aliphatic heterocycles. The second-order valence-electron chi connectivity index (χ2n) is 9.33. The first-order valence-corrected chi connectivity index (χ1v) is 12.1. The Kier molecular flexibility index (Phi) is 5.56. The number of benzene rings is 3. The Hall–Kier alpha value is -4.72. The third-order valence-electron chi connectivity index (χ3n) is 6.91. The van der Waals surface area contributed by atoms with E-state index in [0.29, 0.717) is 25.1 Å². The summed E-state index contributed by atoms with van der Waals surface area (Å²) in [7, 11) is 0. The summed E-state index contributed by atoms with van der Waals surface area (Å²) in [6, 6.07) is 25.7. The lowest BCUT2D eigenvalue weighted by molar-refractivity contribution is -0.140. The first-order valence-electron chi connectivity index (χ1n) is 12.1. The minimum Gasteiger partial charge on any atom is -0.481 e. The van der Waals surface area contributed by atoms with Gasteiger partial charge in [-0.15, -0.1) is 0 Å². The third-order valence-corrected chi connectivity index (χ3v) is 6.91. The molecule has 0 spiro atoms. The first kappa shape index (κ1) is 22.7. The van der Waals surface area contributed by atoms with E-state index in [1.807, 2.05) is 85.8 Å². The highest BCUT2D eigenvalue weighted by molar-refractivity contribution is 5.85. The van der Waals surface area contributed by atoms with Crippen LogP contribution in [0, 0.1) is 6.92 Å². The number of hydrogen-bond acceptors (Lipinski definition) is 6. The highest BCUT2D eigenvalue weighted by Crippen LogP contribution is 2.48. The van der Waals surface area contributed by atoms with Crippen LogP contribution in [0.1, 0.15) is 29.8 Å². The molecule has 6 rings (SSSR count). The van der Waals surface area contributed by atoms with Gasteiger partial charge in [-0.3, -0.25) is 4.79 Å². The summed E-state index contributed by atoms with van der Waals surface area (Å²) < 4.78 is 5.66. The van der Waals surface area contributed by atoms with Gasteiger partial charge < -0.3 is 14.9 Å². The predicted molar refractivity (Wildman–Crippen MR) is 139 cm³/mol. The highest BCUT2D eigenvalue weighted by Gasteiger charge is 2.51. The molecule has 8 heteroatoms. The van der Waals surface area contributed by atoms with E-state index < -0.39 is 11.4 Å². The molecule has 1 saturated carbocycles. The van der Waals surface area contributed by atoms with Gasteiger partial charge in [0, 0.05) is 5.56 Å². The minimum atomic E-state index is -0.739. The van der Waals surface area contributed by atoms with Gasteiger partial charge in [-0.1, -0.05) is 71.9 Å². The van der Waals surface area contributed by atoms with Crippen LogP contribution in [-0.4, -0.2) is 31.2 Å². The Balaban J connectivity index is 1.17. The standard InChI is InChI=1S/C29H25N5O3/c1-19-26(30-17-24-18-31-34(32-24)25-5-3-2-4-6-25)27(37-33-19)22-9-7-20(8-10-22)21-11-13-23(14-12-21)29(15-16-29)28(35)36/h2-14,18,30H,15-17H2,1H3,(H,35,36). The van der Waals surface area contributed by atoms with E-state index in [2.05, 4.69) is 20.7 Å². The average Bonchev–Trinajstić information content (AvgIpc) is 3.49. The van der Waals surface area contributed by atoms with E-state index in [-0.39, 0.29) is 0 Å². The zero-order chi connectivity index (χ0) is 25.4. The molecule has 5 aromatic rings. The number of nitrogens with one attached hydrogen (secondary N) is 1. The largest absolute Gasteiger partial charge is 0.481 e. The Morgan fingerprint density at radius 1 is 0.973 bits per heavy atom. The van der Waals surface area contributed by atoms with Crippen LogP contribution in [-0.2, 0) is 16.8 Å². The van der Waals surface area contributed by atoms with Gasteiger partial charge in [-0.05, 0) is 48.6 Å². The SMILES string of the molecule is Cc1noc(-c2ccc(-c3ccc(C4(C(=O)O)CC4)cc3)cc2)c1NCc1cnn(-c2ccccc2)n1. The van der Waals surface area contributed by atoms with Crippen LogP contribution in [0.2, 0.25) is 0 Å². The molecule has 0 amide bonds. The molecule has 1 aliphatic carbocycles. The summed E-state index contributed by atoms with van der Waals surface area (Å²) in [6.07, 6.45) is 3.15. The van der Waals surface area contributed by atoms with Gasteiger partial charge >= 0.3 is 5.97 Å². The van der Waals surface area contributed by atoms with Crippen LogP contribution in [0.25, 0.3) is 28.1 Å². The van der Waals surface area contributed by atoms with E-state index in [0.717, 1.165) is 45.0 Å². The molecule has 2 N–H and O–H groups in total. The van der Waals surface area contributed by atoms with Crippen LogP contribution in [0.15, 0.2) is 89.6 Å². The number of aromatic nitrogens is 4. The second-order valence-corrected chi connectivity index (χ2v) is 9.33. The molecule has 37 heavy (non-hydrogen) atoms. The van der Waals surface area contributed by atoms with Gasteiger partial charge in [0.25, 0.3) is 0 Å². The number of hydrogen-bond donors (Lipinski definition) is 2. The van der Waals surface area contributed by atoms with Crippen LogP contribution in [0.3, 0.4) is 0 Å². The van der Waals surface area contributed by atoms with Crippen LogP contribution < -0.4 is 5.32 Å². The van der Waals surface area contributed by atoms with Crippen molar-refractivity contribution in [2.24, 2.45) is 0 Å². The Morgan fingerprint density at radius 2 is 1.62 bits per heavy atom. The maximum absolute atomic E-state index is 11.6. The zero-order valence-corrected chi connectivity index (χ0v) is 20.3. The van der Waals surface area contributed by atoms with Crippen molar-refractivity contribution in [2.75, 3.05) is 5.32 Å². The maximum Gasteiger partial charge on any atom is 0.314 e. The highest BCUT2D eigenvalue weighted by atomic mass is 16.5. The summed E-state index contributed by atoms with van der Waals surface area (Å²) in [5, 5.41) is 26.0. The van der Waals surface area contributed by atoms with Crippen molar-refractivity contribution in [3.8, 4) is 28.1 Å². The van der Waals surface area contributed by atoms with Gasteiger partial charge in [0.15, 0.2) is 5.76 Å².